The molecule has 0 unspecified atom stereocenters. The summed E-state index contributed by atoms with van der Waals surface area (Å²) in [6.07, 6.45) is 0. The minimum absolute atomic E-state index is 0. The largest absolute Gasteiger partial charge is 1.00 e. The Morgan fingerprint density at radius 2 is 2.09 bits per heavy atom. The van der Waals surface area contributed by atoms with Crippen molar-refractivity contribution in [1.82, 2.24) is 9.66 Å². The normalized spacial score (nSPS) is 8.73. The van der Waals surface area contributed by atoms with Gasteiger partial charge >= 0.3 is 29.6 Å². The van der Waals surface area contributed by atoms with E-state index in [9.17, 15) is 0 Å². The fourth-order valence-electron chi connectivity index (χ4n) is 0.528. The van der Waals surface area contributed by atoms with Crippen LogP contribution in [0, 0.1) is 4.77 Å². The van der Waals surface area contributed by atoms with Crippen LogP contribution in [-0.4, -0.2) is 9.66 Å². The average molecular weight is 181 g/mol. The number of hydrogen-bond donors (Lipinski definition) is 3. The number of anilines is 2. The van der Waals surface area contributed by atoms with E-state index in [1.165, 1.54) is 6.07 Å². The fraction of sp³-hybridized carbons (Fsp3) is 0. The van der Waals surface area contributed by atoms with Gasteiger partial charge in [-0.05, 0) is 12.2 Å². The zero-order valence-corrected chi connectivity index (χ0v) is 8.93. The molecule has 0 spiro atoms. The summed E-state index contributed by atoms with van der Waals surface area (Å²) >= 11 is 4.70. The summed E-state index contributed by atoms with van der Waals surface area (Å²) in [7, 11) is 0. The van der Waals surface area contributed by atoms with Crippen LogP contribution in [-0.2, 0) is 0 Å². The van der Waals surface area contributed by atoms with Gasteiger partial charge < -0.3 is 18.7 Å². The third-order valence-corrected chi connectivity index (χ3v) is 1.29. The number of aromatic nitrogens is 2. The van der Waals surface area contributed by atoms with Gasteiger partial charge in [-0.1, -0.05) is 0 Å². The monoisotopic (exact) mass is 181 g/mol. The van der Waals surface area contributed by atoms with Crippen LogP contribution in [0.2, 0.25) is 0 Å². The van der Waals surface area contributed by atoms with E-state index in [1.54, 1.807) is 0 Å². The third-order valence-electron chi connectivity index (χ3n) is 1.00. The van der Waals surface area contributed by atoms with Crippen molar-refractivity contribution in [3.8, 4) is 0 Å². The Bertz CT molecular complexity index is 313. The standard InChI is InChI=1S/C4H7N5S.Na.H/c5-2-1-3(6)9(7)4(10)8-2;;/h1H,6-7H2,(H2,5,8,10);;/q;+1;-1. The van der Waals surface area contributed by atoms with E-state index >= 15 is 0 Å². The Morgan fingerprint density at radius 3 is 2.55 bits per heavy atom. The predicted octanol–water partition coefficient (Wildman–Crippen LogP) is -3.39. The van der Waals surface area contributed by atoms with Gasteiger partial charge in [-0.15, -0.1) is 0 Å². The van der Waals surface area contributed by atoms with Crippen molar-refractivity contribution in [3.05, 3.63) is 10.8 Å². The van der Waals surface area contributed by atoms with Gasteiger partial charge in [0.15, 0.2) is 0 Å². The molecule has 0 amide bonds. The van der Waals surface area contributed by atoms with Gasteiger partial charge in [0.05, 0.1) is 0 Å². The summed E-state index contributed by atoms with van der Waals surface area (Å²) < 4.78 is 1.27. The molecule has 56 valence electrons. The second-order valence-corrected chi connectivity index (χ2v) is 2.12. The van der Waals surface area contributed by atoms with E-state index in [1.807, 2.05) is 0 Å². The number of nitrogens with zero attached hydrogens (tertiary/aromatic N) is 2. The van der Waals surface area contributed by atoms with Gasteiger partial charge in [-0.3, -0.25) is 0 Å². The zero-order chi connectivity index (χ0) is 7.72. The first kappa shape index (κ1) is 10.7. The topological polar surface area (TPSA) is 95.9 Å². The van der Waals surface area contributed by atoms with Crippen molar-refractivity contribution >= 4 is 23.9 Å². The number of hydrogen-bond acceptors (Lipinski definition) is 5. The zero-order valence-electron chi connectivity index (χ0n) is 7.11. The van der Waals surface area contributed by atoms with E-state index in [2.05, 4.69) is 4.98 Å². The van der Waals surface area contributed by atoms with E-state index in [0.717, 1.165) is 4.68 Å². The molecule has 11 heavy (non-hydrogen) atoms. The van der Waals surface area contributed by atoms with Crippen molar-refractivity contribution in [2.45, 2.75) is 0 Å². The molecule has 0 saturated heterocycles. The fourth-order valence-corrected chi connectivity index (χ4v) is 0.739. The summed E-state index contributed by atoms with van der Waals surface area (Å²) in [4.78, 5) is 3.68. The maximum Gasteiger partial charge on any atom is 1.00 e. The van der Waals surface area contributed by atoms with Crippen LogP contribution in [0.3, 0.4) is 0 Å². The van der Waals surface area contributed by atoms with Crippen molar-refractivity contribution in [3.63, 3.8) is 0 Å². The van der Waals surface area contributed by atoms with Crippen LogP contribution in [0.4, 0.5) is 11.6 Å². The van der Waals surface area contributed by atoms with Gasteiger partial charge in [0.1, 0.15) is 11.6 Å². The Balaban J connectivity index is 0. The minimum Gasteiger partial charge on any atom is -1.00 e. The van der Waals surface area contributed by atoms with Gasteiger partial charge in [-0.25, -0.2) is 9.66 Å². The molecule has 1 aromatic heterocycles. The summed E-state index contributed by atoms with van der Waals surface area (Å²) in [6.45, 7) is 0. The molecule has 0 aliphatic heterocycles. The SMILES string of the molecule is Nc1cc(N)n(N)c(=S)n1.[H-].[Na+]. The van der Waals surface area contributed by atoms with Crippen LogP contribution in [0.15, 0.2) is 6.07 Å². The first-order chi connectivity index (χ1) is 4.61. The second kappa shape index (κ2) is 3.91. The molecule has 0 aromatic carbocycles. The molecule has 5 nitrogen and oxygen atoms in total. The third kappa shape index (κ3) is 2.33. The Labute approximate surface area is 92.3 Å². The number of rotatable bonds is 0. The maximum atomic E-state index is 5.37. The van der Waals surface area contributed by atoms with E-state index < -0.39 is 0 Å². The van der Waals surface area contributed by atoms with E-state index in [4.69, 9.17) is 29.5 Å². The average Bonchev–Trinajstić information content (AvgIpc) is 1.82. The van der Waals surface area contributed by atoms with E-state index in [-0.39, 0.29) is 41.6 Å². The van der Waals surface area contributed by atoms with Gasteiger partial charge in [-0.2, -0.15) is 0 Å². The second-order valence-electron chi connectivity index (χ2n) is 1.76. The molecular weight excluding hydrogens is 173 g/mol. The number of nitrogens with two attached hydrogens (primary N) is 3. The summed E-state index contributed by atoms with van der Waals surface area (Å²) in [5, 5.41) is 0. The van der Waals surface area contributed by atoms with Crippen molar-refractivity contribution in [2.75, 3.05) is 17.3 Å². The molecule has 0 aliphatic rings. The summed E-state index contributed by atoms with van der Waals surface area (Å²) in [5.41, 5.74) is 10.7. The van der Waals surface area contributed by atoms with E-state index in [0.29, 0.717) is 5.82 Å². The molecule has 6 N–H and O–H groups in total. The van der Waals surface area contributed by atoms with Gasteiger partial charge in [0.25, 0.3) is 0 Å². The molecule has 0 bridgehead atoms. The summed E-state index contributed by atoms with van der Waals surface area (Å²) in [5.74, 6) is 5.91. The predicted molar refractivity (Wildman–Crippen MR) is 43.1 cm³/mol. The molecule has 0 aliphatic carbocycles. The molecule has 7 heteroatoms. The van der Waals surface area contributed by atoms with Gasteiger partial charge in [0, 0.05) is 6.07 Å². The Morgan fingerprint density at radius 1 is 1.55 bits per heavy atom. The van der Waals surface area contributed by atoms with Crippen molar-refractivity contribution in [2.24, 2.45) is 0 Å². The van der Waals surface area contributed by atoms with Crippen molar-refractivity contribution < 1.29 is 31.0 Å². The minimum atomic E-state index is 0. The number of nitrogen functional groups attached to an aromatic ring is 3. The molecule has 1 aromatic rings. The Kier molecular flexibility index (Phi) is 3.81. The van der Waals surface area contributed by atoms with Crippen LogP contribution < -0.4 is 46.9 Å². The first-order valence-corrected chi connectivity index (χ1v) is 2.92. The molecule has 0 fully saturated rings. The molecular formula is C4H8N5NaS. The van der Waals surface area contributed by atoms with Crippen LogP contribution in [0.5, 0.6) is 0 Å². The maximum absolute atomic E-state index is 5.37. The molecule has 1 heterocycles. The smallest absolute Gasteiger partial charge is 1.00 e. The van der Waals surface area contributed by atoms with Crippen LogP contribution in [0.25, 0.3) is 0 Å². The molecule has 0 atom stereocenters. The van der Waals surface area contributed by atoms with Gasteiger partial charge in [0.2, 0.25) is 4.77 Å². The molecule has 0 radical (unpaired) electrons. The first-order valence-electron chi connectivity index (χ1n) is 2.51. The van der Waals surface area contributed by atoms with Crippen LogP contribution >= 0.6 is 12.2 Å². The molecule has 0 saturated carbocycles. The Hall–Kier alpha value is -0.300. The van der Waals surface area contributed by atoms with Crippen molar-refractivity contribution in [1.29, 1.82) is 0 Å². The van der Waals surface area contributed by atoms with Crippen LogP contribution in [0.1, 0.15) is 1.43 Å². The molecule has 1 rings (SSSR count). The summed E-state index contributed by atoms with van der Waals surface area (Å²) in [6, 6.07) is 1.44. The quantitative estimate of drug-likeness (QED) is 0.220.